The third kappa shape index (κ3) is 3.47. The Kier molecular flexibility index (Phi) is 5.38. The van der Waals surface area contributed by atoms with Gasteiger partial charge < -0.3 is 5.11 Å². The molecule has 0 saturated heterocycles. The summed E-state index contributed by atoms with van der Waals surface area (Å²) in [5.74, 6) is 6.84. The Morgan fingerprint density at radius 3 is 2.72 bits per heavy atom. The van der Waals surface area contributed by atoms with Crippen molar-refractivity contribution in [1.82, 2.24) is 9.78 Å². The molecule has 1 N–H and O–H groups in total. The van der Waals surface area contributed by atoms with Gasteiger partial charge in [0, 0.05) is 11.8 Å². The Bertz CT molecular complexity index is 968. The molecule has 4 fully saturated rings. The maximum Gasteiger partial charge on any atom is 0.125 e. The Balaban J connectivity index is 1.38. The lowest BCUT2D eigenvalue weighted by Gasteiger charge is -2.57. The van der Waals surface area contributed by atoms with Crippen LogP contribution in [0.4, 0.5) is 0 Å². The van der Waals surface area contributed by atoms with E-state index in [1.807, 2.05) is 6.92 Å². The van der Waals surface area contributed by atoms with Crippen LogP contribution in [0.25, 0.3) is 0 Å². The minimum Gasteiger partial charge on any atom is -0.390 e. The Morgan fingerprint density at radius 2 is 2.00 bits per heavy atom. The molecule has 9 atom stereocenters. The average Bonchev–Trinajstić information content (AvgIpc) is 3.32. The lowest BCUT2D eigenvalue weighted by molar-refractivity contribution is -0.103. The van der Waals surface area contributed by atoms with Gasteiger partial charge in [-0.25, -0.2) is 4.79 Å². The summed E-state index contributed by atoms with van der Waals surface area (Å²) in [5, 5.41) is 24.0. The number of fused-ring (bicyclic) bond motifs is 5. The van der Waals surface area contributed by atoms with E-state index in [0.29, 0.717) is 29.9 Å². The van der Waals surface area contributed by atoms with Crippen molar-refractivity contribution in [2.75, 3.05) is 0 Å². The second kappa shape index (κ2) is 7.86. The van der Waals surface area contributed by atoms with Crippen LogP contribution in [0.1, 0.15) is 77.7 Å². The highest BCUT2D eigenvalue weighted by molar-refractivity contribution is 5.54. The first-order chi connectivity index (χ1) is 15.3. The predicted octanol–water partition coefficient (Wildman–Crippen LogP) is 4.78. The zero-order valence-electron chi connectivity index (χ0n) is 19.8. The molecule has 0 radical (unpaired) electrons. The molecule has 172 valence electrons. The number of nitriles is 1. The number of carbonyl (C=O) groups excluding carboxylic acids is 1. The fraction of sp³-hybridized carbons (Fsp3) is 0.778. The molecule has 5 heteroatoms. The quantitative estimate of drug-likeness (QED) is 0.693. The molecule has 1 heterocycles. The SMILES string of the molecule is C[C@@H]1CC(C(=C=O)Cn2cc(C#N)cn2)[C@@]2(C)CC[C@H]3[C@@H](CC[C@@H]4C[C@](C)(O)CC[C@@H]43)[C@H]12. The first-order valence-corrected chi connectivity index (χ1v) is 12.6. The van der Waals surface area contributed by atoms with Gasteiger partial charge in [0.05, 0.1) is 23.9 Å². The van der Waals surface area contributed by atoms with Crippen LogP contribution in [0.2, 0.25) is 0 Å². The summed E-state index contributed by atoms with van der Waals surface area (Å²) in [6, 6.07) is 2.12. The summed E-state index contributed by atoms with van der Waals surface area (Å²) in [6.07, 6.45) is 12.4. The Morgan fingerprint density at radius 1 is 1.22 bits per heavy atom. The first-order valence-electron chi connectivity index (χ1n) is 12.6. The third-order valence-electron chi connectivity index (χ3n) is 10.2. The lowest BCUT2D eigenvalue weighted by atomic mass is 9.48. The van der Waals surface area contributed by atoms with E-state index in [4.69, 9.17) is 5.26 Å². The molecule has 1 aromatic heterocycles. The molecule has 0 aromatic carbocycles. The molecule has 0 spiro atoms. The van der Waals surface area contributed by atoms with E-state index >= 15 is 0 Å². The Labute approximate surface area is 191 Å². The average molecular weight is 436 g/mol. The summed E-state index contributed by atoms with van der Waals surface area (Å²) in [6.45, 7) is 7.33. The second-order valence-electron chi connectivity index (χ2n) is 12.1. The molecule has 0 aliphatic heterocycles. The number of hydrogen-bond donors (Lipinski definition) is 1. The first kappa shape index (κ1) is 21.9. The van der Waals surface area contributed by atoms with Crippen LogP contribution in [-0.4, -0.2) is 26.4 Å². The molecule has 1 unspecified atom stereocenters. The van der Waals surface area contributed by atoms with E-state index in [-0.39, 0.29) is 11.3 Å². The normalized spacial score (nSPS) is 45.2. The van der Waals surface area contributed by atoms with Gasteiger partial charge in [0.1, 0.15) is 12.0 Å². The summed E-state index contributed by atoms with van der Waals surface area (Å²) in [7, 11) is 0. The maximum atomic E-state index is 12.1. The van der Waals surface area contributed by atoms with E-state index in [0.717, 1.165) is 42.6 Å². The van der Waals surface area contributed by atoms with Crippen LogP contribution in [0.3, 0.4) is 0 Å². The number of allylic oxidation sites excluding steroid dienone is 1. The van der Waals surface area contributed by atoms with Crippen LogP contribution in [0.5, 0.6) is 0 Å². The summed E-state index contributed by atoms with van der Waals surface area (Å²) in [5.41, 5.74) is 1.04. The molecule has 4 saturated carbocycles. The van der Waals surface area contributed by atoms with E-state index in [1.54, 1.807) is 17.1 Å². The highest BCUT2D eigenvalue weighted by Gasteiger charge is 2.60. The molecule has 4 aliphatic carbocycles. The monoisotopic (exact) mass is 435 g/mol. The van der Waals surface area contributed by atoms with E-state index in [2.05, 4.69) is 31.0 Å². The Hall–Kier alpha value is -1.89. The summed E-state index contributed by atoms with van der Waals surface area (Å²) < 4.78 is 1.73. The van der Waals surface area contributed by atoms with Gasteiger partial charge in [-0.15, -0.1) is 0 Å². The van der Waals surface area contributed by atoms with Crippen LogP contribution in [-0.2, 0) is 11.3 Å². The fourth-order valence-electron chi connectivity index (χ4n) is 9.06. The lowest BCUT2D eigenvalue weighted by Crippen LogP contribution is -2.51. The van der Waals surface area contributed by atoms with Crippen molar-refractivity contribution in [3.8, 4) is 6.07 Å². The van der Waals surface area contributed by atoms with E-state index < -0.39 is 5.60 Å². The highest BCUT2D eigenvalue weighted by Crippen LogP contribution is 2.67. The van der Waals surface area contributed by atoms with Crippen LogP contribution < -0.4 is 0 Å². The van der Waals surface area contributed by atoms with Gasteiger partial charge in [-0.3, -0.25) is 4.68 Å². The second-order valence-corrected chi connectivity index (χ2v) is 12.1. The van der Waals surface area contributed by atoms with Gasteiger partial charge >= 0.3 is 0 Å². The van der Waals surface area contributed by atoms with Crippen molar-refractivity contribution in [3.63, 3.8) is 0 Å². The van der Waals surface area contributed by atoms with Gasteiger partial charge in [-0.1, -0.05) is 13.8 Å². The fourth-order valence-corrected chi connectivity index (χ4v) is 9.06. The molecule has 4 aliphatic rings. The van der Waals surface area contributed by atoms with Crippen molar-refractivity contribution >= 4 is 5.94 Å². The number of aliphatic hydroxyl groups is 1. The zero-order chi connectivity index (χ0) is 22.7. The number of aromatic nitrogens is 2. The number of rotatable bonds is 3. The molecule has 1 aromatic rings. The summed E-state index contributed by atoms with van der Waals surface area (Å²) >= 11 is 0. The van der Waals surface area contributed by atoms with Gasteiger partial charge in [0.25, 0.3) is 0 Å². The third-order valence-corrected chi connectivity index (χ3v) is 10.2. The van der Waals surface area contributed by atoms with Crippen LogP contribution >= 0.6 is 0 Å². The standard InChI is InChI=1S/C27H37N3O2/c1-17-10-24(20(16-31)15-30-14-18(12-28)13-29-30)27(3)9-7-22-21-6-8-26(2,32)11-19(21)4-5-23(22)25(17)27/h13-14,17,19,21-25,32H,4-11,15H2,1-3H3/t17-,19-,21+,22-,23-,24?,25+,26-,27-/m1/s1. The minimum atomic E-state index is -0.468. The van der Waals surface area contributed by atoms with Crippen molar-refractivity contribution in [1.29, 1.82) is 5.26 Å². The molecule has 32 heavy (non-hydrogen) atoms. The molecular weight excluding hydrogens is 398 g/mol. The van der Waals surface area contributed by atoms with Crippen molar-refractivity contribution < 1.29 is 9.90 Å². The van der Waals surface area contributed by atoms with Crippen molar-refractivity contribution in [2.45, 2.75) is 84.3 Å². The van der Waals surface area contributed by atoms with Crippen LogP contribution in [0.15, 0.2) is 18.0 Å². The number of nitrogens with zero attached hydrogens (tertiary/aromatic N) is 3. The zero-order valence-corrected chi connectivity index (χ0v) is 19.8. The van der Waals surface area contributed by atoms with Crippen molar-refractivity contribution in [3.05, 3.63) is 23.5 Å². The molecular formula is C27H37N3O2. The van der Waals surface area contributed by atoms with Gasteiger partial charge in [-0.05, 0) is 105 Å². The molecule has 0 bridgehead atoms. The van der Waals surface area contributed by atoms with E-state index in [9.17, 15) is 9.90 Å². The molecule has 0 amide bonds. The minimum absolute atomic E-state index is 0.144. The van der Waals surface area contributed by atoms with Gasteiger partial charge in [0.15, 0.2) is 0 Å². The topological polar surface area (TPSA) is 78.9 Å². The molecule has 5 nitrogen and oxygen atoms in total. The highest BCUT2D eigenvalue weighted by atomic mass is 16.3. The van der Waals surface area contributed by atoms with Gasteiger partial charge in [-0.2, -0.15) is 10.4 Å². The molecule has 5 rings (SSSR count). The van der Waals surface area contributed by atoms with Crippen molar-refractivity contribution in [2.24, 2.45) is 46.8 Å². The predicted molar refractivity (Wildman–Crippen MR) is 122 cm³/mol. The largest absolute Gasteiger partial charge is 0.390 e. The smallest absolute Gasteiger partial charge is 0.125 e. The van der Waals surface area contributed by atoms with Crippen LogP contribution in [0, 0.1) is 58.2 Å². The maximum absolute atomic E-state index is 12.1. The summed E-state index contributed by atoms with van der Waals surface area (Å²) in [4.78, 5) is 12.1. The van der Waals surface area contributed by atoms with E-state index in [1.165, 1.54) is 32.1 Å². The number of hydrogen-bond acceptors (Lipinski definition) is 4. The van der Waals surface area contributed by atoms with Gasteiger partial charge in [0.2, 0.25) is 0 Å².